The van der Waals surface area contributed by atoms with Gasteiger partial charge in [-0.3, -0.25) is 9.59 Å². The number of ether oxygens (including phenoxy) is 2. The van der Waals surface area contributed by atoms with Crippen molar-refractivity contribution in [3.05, 3.63) is 59.2 Å². The summed E-state index contributed by atoms with van der Waals surface area (Å²) in [5, 5.41) is 0. The van der Waals surface area contributed by atoms with Crippen molar-refractivity contribution in [3.63, 3.8) is 0 Å². The summed E-state index contributed by atoms with van der Waals surface area (Å²) in [5.74, 6) is 1.77. The average Bonchev–Trinajstić information content (AvgIpc) is 2.78. The largest absolute Gasteiger partial charge is 0.493 e. The number of carbonyl (C=O) groups is 2. The maximum Gasteiger partial charge on any atom is 0.253 e. The van der Waals surface area contributed by atoms with Gasteiger partial charge in [0, 0.05) is 31.7 Å². The molecule has 2 amide bonds. The number of hydrogen-bond donors (Lipinski definition) is 0. The lowest BCUT2D eigenvalue weighted by atomic mass is 10.0. The van der Waals surface area contributed by atoms with Crippen molar-refractivity contribution in [2.75, 3.05) is 40.4 Å². The van der Waals surface area contributed by atoms with Crippen LogP contribution in [0.25, 0.3) is 0 Å². The molecule has 1 saturated heterocycles. The maximum atomic E-state index is 12.8. The zero-order chi connectivity index (χ0) is 21.7. The van der Waals surface area contributed by atoms with E-state index in [1.807, 2.05) is 52.3 Å². The van der Waals surface area contributed by atoms with Crippen LogP contribution >= 0.6 is 0 Å². The van der Waals surface area contributed by atoms with Gasteiger partial charge in [-0.25, -0.2) is 0 Å². The number of hydrogen-bond acceptors (Lipinski definition) is 4. The van der Waals surface area contributed by atoms with Gasteiger partial charge in [0.1, 0.15) is 0 Å². The first-order chi connectivity index (χ1) is 14.4. The zero-order valence-electron chi connectivity index (χ0n) is 18.2. The first-order valence-electron chi connectivity index (χ1n) is 10.3. The third-order valence-corrected chi connectivity index (χ3v) is 5.55. The van der Waals surface area contributed by atoms with Gasteiger partial charge in [-0.1, -0.05) is 32.0 Å². The van der Waals surface area contributed by atoms with E-state index >= 15 is 0 Å². The van der Waals surface area contributed by atoms with Crippen molar-refractivity contribution in [2.45, 2.75) is 26.2 Å². The Kier molecular flexibility index (Phi) is 6.98. The summed E-state index contributed by atoms with van der Waals surface area (Å²) in [6.45, 7) is 6.44. The molecule has 0 atom stereocenters. The predicted molar refractivity (Wildman–Crippen MR) is 116 cm³/mol. The van der Waals surface area contributed by atoms with Crippen molar-refractivity contribution in [1.29, 1.82) is 0 Å². The number of carbonyl (C=O) groups excluding carboxylic acids is 2. The summed E-state index contributed by atoms with van der Waals surface area (Å²) in [4.78, 5) is 29.1. The van der Waals surface area contributed by atoms with Crippen LogP contribution in [-0.2, 0) is 11.2 Å². The number of benzene rings is 2. The van der Waals surface area contributed by atoms with Crippen LogP contribution in [0.1, 0.15) is 41.3 Å². The molecule has 1 fully saturated rings. The highest BCUT2D eigenvalue weighted by molar-refractivity contribution is 5.94. The molecule has 1 aliphatic rings. The van der Waals surface area contributed by atoms with E-state index in [1.165, 1.54) is 5.56 Å². The lowest BCUT2D eigenvalue weighted by molar-refractivity contribution is -0.131. The molecule has 0 bridgehead atoms. The van der Waals surface area contributed by atoms with Gasteiger partial charge in [0.05, 0.1) is 20.6 Å². The van der Waals surface area contributed by atoms with Crippen LogP contribution in [0, 0.1) is 0 Å². The van der Waals surface area contributed by atoms with E-state index in [0.29, 0.717) is 55.6 Å². The Morgan fingerprint density at radius 1 is 0.867 bits per heavy atom. The van der Waals surface area contributed by atoms with Crippen molar-refractivity contribution in [1.82, 2.24) is 9.80 Å². The topological polar surface area (TPSA) is 59.1 Å². The molecule has 0 aliphatic carbocycles. The molecule has 1 heterocycles. The SMILES string of the molecule is COc1ccc(CC(=O)N2CCN(C(=O)c3ccc(C(C)C)cc3)CC2)cc1OC. The molecule has 0 N–H and O–H groups in total. The molecule has 160 valence electrons. The van der Waals surface area contributed by atoms with Gasteiger partial charge in [-0.15, -0.1) is 0 Å². The predicted octanol–water partition coefficient (Wildman–Crippen LogP) is 3.35. The van der Waals surface area contributed by atoms with E-state index < -0.39 is 0 Å². The molecule has 0 aromatic heterocycles. The molecule has 0 radical (unpaired) electrons. The molecule has 6 nitrogen and oxygen atoms in total. The number of piperazine rings is 1. The Morgan fingerprint density at radius 2 is 1.47 bits per heavy atom. The minimum atomic E-state index is 0.0253. The molecule has 2 aromatic rings. The van der Waals surface area contributed by atoms with Gasteiger partial charge in [0.15, 0.2) is 11.5 Å². The summed E-state index contributed by atoms with van der Waals surface area (Å²) in [7, 11) is 3.16. The van der Waals surface area contributed by atoms with Crippen LogP contribution in [0.3, 0.4) is 0 Å². The van der Waals surface area contributed by atoms with Crippen molar-refractivity contribution in [3.8, 4) is 11.5 Å². The smallest absolute Gasteiger partial charge is 0.253 e. The van der Waals surface area contributed by atoms with E-state index in [2.05, 4.69) is 13.8 Å². The summed E-state index contributed by atoms with van der Waals surface area (Å²) in [5.41, 5.74) is 2.79. The van der Waals surface area contributed by atoms with Crippen molar-refractivity contribution < 1.29 is 19.1 Å². The van der Waals surface area contributed by atoms with Gasteiger partial charge in [-0.05, 0) is 41.3 Å². The van der Waals surface area contributed by atoms with Gasteiger partial charge in [0.25, 0.3) is 5.91 Å². The molecule has 6 heteroatoms. The van der Waals surface area contributed by atoms with E-state index in [0.717, 1.165) is 5.56 Å². The fourth-order valence-electron chi connectivity index (χ4n) is 3.63. The van der Waals surface area contributed by atoms with Crippen molar-refractivity contribution >= 4 is 11.8 Å². The standard InChI is InChI=1S/C24H30N2O4/c1-17(2)19-6-8-20(9-7-19)24(28)26-13-11-25(12-14-26)23(27)16-18-5-10-21(29-3)22(15-18)30-4/h5-10,15,17H,11-14,16H2,1-4H3. The number of methoxy groups -OCH3 is 2. The van der Waals surface area contributed by atoms with Crippen LogP contribution in [0.2, 0.25) is 0 Å². The summed E-state index contributed by atoms with van der Waals surface area (Å²) >= 11 is 0. The van der Waals surface area contributed by atoms with Crippen LogP contribution in [-0.4, -0.2) is 62.0 Å². The van der Waals surface area contributed by atoms with Crippen LogP contribution in [0.4, 0.5) is 0 Å². The second-order valence-electron chi connectivity index (χ2n) is 7.82. The first kappa shape index (κ1) is 21.7. The normalized spacial score (nSPS) is 14.0. The molecule has 1 aliphatic heterocycles. The third-order valence-electron chi connectivity index (χ3n) is 5.55. The summed E-state index contributed by atoms with van der Waals surface area (Å²) < 4.78 is 10.6. The fourth-order valence-corrected chi connectivity index (χ4v) is 3.63. The summed E-state index contributed by atoms with van der Waals surface area (Å²) in [6, 6.07) is 13.3. The molecule has 0 unspecified atom stereocenters. The van der Waals surface area contributed by atoms with Crippen LogP contribution < -0.4 is 9.47 Å². The van der Waals surface area contributed by atoms with Crippen LogP contribution in [0.15, 0.2) is 42.5 Å². The average molecular weight is 411 g/mol. The minimum absolute atomic E-state index is 0.0253. The Bertz CT molecular complexity index is 885. The fraction of sp³-hybridized carbons (Fsp3) is 0.417. The molecule has 2 aromatic carbocycles. The zero-order valence-corrected chi connectivity index (χ0v) is 18.2. The minimum Gasteiger partial charge on any atom is -0.493 e. The first-order valence-corrected chi connectivity index (χ1v) is 10.3. The Labute approximate surface area is 178 Å². The number of nitrogens with zero attached hydrogens (tertiary/aromatic N) is 2. The van der Waals surface area contributed by atoms with E-state index in [1.54, 1.807) is 14.2 Å². The number of rotatable bonds is 6. The Morgan fingerprint density at radius 3 is 2.03 bits per heavy atom. The molecular weight excluding hydrogens is 380 g/mol. The van der Waals surface area contributed by atoms with Gasteiger partial charge in [0.2, 0.25) is 5.91 Å². The maximum absolute atomic E-state index is 12.8. The third kappa shape index (κ3) is 4.93. The lowest BCUT2D eigenvalue weighted by Crippen LogP contribution is -2.51. The monoisotopic (exact) mass is 410 g/mol. The second-order valence-corrected chi connectivity index (χ2v) is 7.82. The highest BCUT2D eigenvalue weighted by atomic mass is 16.5. The highest BCUT2D eigenvalue weighted by Crippen LogP contribution is 2.28. The van der Waals surface area contributed by atoms with E-state index in [-0.39, 0.29) is 11.8 Å². The summed E-state index contributed by atoms with van der Waals surface area (Å²) in [6.07, 6.45) is 0.297. The molecule has 0 saturated carbocycles. The molecule has 3 rings (SSSR count). The Balaban J connectivity index is 1.55. The highest BCUT2D eigenvalue weighted by Gasteiger charge is 2.25. The quantitative estimate of drug-likeness (QED) is 0.733. The molecular formula is C24H30N2O4. The van der Waals surface area contributed by atoms with E-state index in [4.69, 9.17) is 9.47 Å². The van der Waals surface area contributed by atoms with Crippen molar-refractivity contribution in [2.24, 2.45) is 0 Å². The van der Waals surface area contributed by atoms with Crippen LogP contribution in [0.5, 0.6) is 11.5 Å². The second kappa shape index (κ2) is 9.65. The van der Waals surface area contributed by atoms with Gasteiger partial charge < -0.3 is 19.3 Å². The van der Waals surface area contributed by atoms with Gasteiger partial charge in [-0.2, -0.15) is 0 Å². The number of amides is 2. The van der Waals surface area contributed by atoms with E-state index in [9.17, 15) is 9.59 Å². The molecule has 30 heavy (non-hydrogen) atoms. The lowest BCUT2D eigenvalue weighted by Gasteiger charge is -2.35. The van der Waals surface area contributed by atoms with Gasteiger partial charge >= 0.3 is 0 Å². The Hall–Kier alpha value is -3.02. The molecule has 0 spiro atoms.